The van der Waals surface area contributed by atoms with Crippen molar-refractivity contribution in [2.24, 2.45) is 0 Å². The Bertz CT molecular complexity index is 1190. The number of pyridine rings is 1. The number of imidazole rings is 1. The molecule has 4 heterocycles. The average Bonchev–Trinajstić information content (AvgIpc) is 3.31. The van der Waals surface area contributed by atoms with Crippen LogP contribution in [0.25, 0.3) is 17.0 Å². The Balaban J connectivity index is 1.58. The van der Waals surface area contributed by atoms with Gasteiger partial charge in [0.15, 0.2) is 18.3 Å². The van der Waals surface area contributed by atoms with E-state index in [1.54, 1.807) is 18.7 Å². The number of carbonyl (C=O) groups excluding carboxylic acids is 1. The van der Waals surface area contributed by atoms with E-state index in [0.717, 1.165) is 34.1 Å². The lowest BCUT2D eigenvalue weighted by Crippen LogP contribution is -2.37. The van der Waals surface area contributed by atoms with E-state index < -0.39 is 6.17 Å². The smallest absolute Gasteiger partial charge is 0.237 e. The number of rotatable bonds is 4. The lowest BCUT2D eigenvalue weighted by atomic mass is 10.1. The van der Waals surface area contributed by atoms with Crippen molar-refractivity contribution in [2.45, 2.75) is 19.6 Å². The van der Waals surface area contributed by atoms with Crippen LogP contribution < -0.4 is 10.2 Å². The van der Waals surface area contributed by atoms with E-state index in [-0.39, 0.29) is 0 Å². The first-order valence-corrected chi connectivity index (χ1v) is 8.92. The van der Waals surface area contributed by atoms with Crippen LogP contribution in [0.2, 0.25) is 0 Å². The van der Waals surface area contributed by atoms with E-state index >= 15 is 0 Å². The number of para-hydroxylation sites is 2. The van der Waals surface area contributed by atoms with Gasteiger partial charge in [0.1, 0.15) is 6.33 Å². The number of anilines is 2. The predicted octanol–water partition coefficient (Wildman–Crippen LogP) is 2.48. The molecule has 0 radical (unpaired) electrons. The van der Waals surface area contributed by atoms with Crippen LogP contribution in [0.5, 0.6) is 0 Å². The van der Waals surface area contributed by atoms with Crippen LogP contribution in [0.1, 0.15) is 11.1 Å². The van der Waals surface area contributed by atoms with Gasteiger partial charge in [0.05, 0.1) is 22.9 Å². The molecular weight excluding hydrogens is 354 g/mol. The van der Waals surface area contributed by atoms with Gasteiger partial charge in [-0.15, -0.1) is 0 Å². The fourth-order valence-electron chi connectivity index (χ4n) is 3.41. The molecule has 1 atom stereocenters. The molecule has 1 aliphatic rings. The summed E-state index contributed by atoms with van der Waals surface area (Å²) in [6.07, 6.45) is 7.37. The minimum absolute atomic E-state index is 0.501. The van der Waals surface area contributed by atoms with Crippen LogP contribution in [-0.2, 0) is 11.3 Å². The maximum atomic E-state index is 11.7. The molecule has 1 unspecified atom stereocenters. The predicted molar refractivity (Wildman–Crippen MR) is 105 cm³/mol. The monoisotopic (exact) mass is 371 g/mol. The second-order valence-corrected chi connectivity index (χ2v) is 6.67. The lowest BCUT2D eigenvalue weighted by molar-refractivity contribution is -0.108. The standard InChI is InChI=1S/C20H17N7O/c1-13-6-7-21-8-14(13)10-26-18(11-28)24-16-9-22-20(25-19(16)26)27-12-23-15-4-2-3-5-17(15)27/h2-9,11-12,18,24H,10H2,1H3. The van der Waals surface area contributed by atoms with Gasteiger partial charge >= 0.3 is 0 Å². The molecule has 0 spiro atoms. The van der Waals surface area contributed by atoms with Gasteiger partial charge in [-0.3, -0.25) is 14.3 Å². The number of aromatic nitrogens is 5. The maximum Gasteiger partial charge on any atom is 0.237 e. The number of nitrogens with one attached hydrogen (secondary N) is 1. The number of hydrogen-bond donors (Lipinski definition) is 1. The first-order valence-electron chi connectivity index (χ1n) is 8.92. The molecule has 0 amide bonds. The van der Waals surface area contributed by atoms with Gasteiger partial charge in [0.25, 0.3) is 0 Å². The van der Waals surface area contributed by atoms with E-state index in [1.165, 1.54) is 0 Å². The molecule has 28 heavy (non-hydrogen) atoms. The van der Waals surface area contributed by atoms with Crippen molar-refractivity contribution in [2.75, 3.05) is 10.2 Å². The van der Waals surface area contributed by atoms with Crippen molar-refractivity contribution in [1.82, 2.24) is 24.5 Å². The van der Waals surface area contributed by atoms with E-state index in [1.807, 2.05) is 52.9 Å². The molecule has 5 rings (SSSR count). The van der Waals surface area contributed by atoms with Crippen LogP contribution >= 0.6 is 0 Å². The highest BCUT2D eigenvalue weighted by molar-refractivity contribution is 5.82. The number of aryl methyl sites for hydroxylation is 1. The molecule has 1 N–H and O–H groups in total. The normalized spacial score (nSPS) is 15.5. The van der Waals surface area contributed by atoms with Crippen LogP contribution in [-0.4, -0.2) is 37.0 Å². The summed E-state index contributed by atoms with van der Waals surface area (Å²) < 4.78 is 1.84. The third kappa shape index (κ3) is 2.58. The van der Waals surface area contributed by atoms with Gasteiger partial charge in [-0.05, 0) is 36.2 Å². The molecule has 1 aliphatic heterocycles. The molecular formula is C20H17N7O. The summed E-state index contributed by atoms with van der Waals surface area (Å²) in [5, 5.41) is 3.17. The summed E-state index contributed by atoms with van der Waals surface area (Å²) in [5.41, 5.74) is 4.68. The van der Waals surface area contributed by atoms with Crippen LogP contribution in [0, 0.1) is 6.92 Å². The summed E-state index contributed by atoms with van der Waals surface area (Å²) in [4.78, 5) is 31.4. The minimum atomic E-state index is -0.501. The number of hydrogen-bond acceptors (Lipinski definition) is 7. The molecule has 0 aliphatic carbocycles. The largest absolute Gasteiger partial charge is 0.355 e. The third-order valence-electron chi connectivity index (χ3n) is 4.95. The summed E-state index contributed by atoms with van der Waals surface area (Å²) >= 11 is 0. The zero-order chi connectivity index (χ0) is 19.1. The maximum absolute atomic E-state index is 11.7. The molecule has 0 saturated carbocycles. The lowest BCUT2D eigenvalue weighted by Gasteiger charge is -2.22. The highest BCUT2D eigenvalue weighted by atomic mass is 16.1. The number of benzene rings is 1. The van der Waals surface area contributed by atoms with E-state index in [4.69, 9.17) is 4.98 Å². The number of carbonyl (C=O) groups is 1. The van der Waals surface area contributed by atoms with Gasteiger partial charge < -0.3 is 10.2 Å². The fraction of sp³-hybridized carbons (Fsp3) is 0.150. The van der Waals surface area contributed by atoms with E-state index in [9.17, 15) is 4.79 Å². The minimum Gasteiger partial charge on any atom is -0.355 e. The summed E-state index contributed by atoms with van der Waals surface area (Å²) in [6, 6.07) is 9.77. The Morgan fingerprint density at radius 2 is 2.07 bits per heavy atom. The van der Waals surface area contributed by atoms with Crippen molar-refractivity contribution < 1.29 is 4.79 Å². The molecule has 3 aromatic heterocycles. The molecule has 138 valence electrons. The Hall–Kier alpha value is -3.81. The first-order chi connectivity index (χ1) is 13.7. The molecule has 8 nitrogen and oxygen atoms in total. The summed E-state index contributed by atoms with van der Waals surface area (Å²) in [7, 11) is 0. The number of fused-ring (bicyclic) bond motifs is 2. The summed E-state index contributed by atoms with van der Waals surface area (Å²) in [6.45, 7) is 2.55. The second kappa shape index (κ2) is 6.41. The van der Waals surface area contributed by atoms with E-state index in [0.29, 0.717) is 18.3 Å². The van der Waals surface area contributed by atoms with Gasteiger partial charge in [0.2, 0.25) is 5.95 Å². The van der Waals surface area contributed by atoms with Gasteiger partial charge in [-0.2, -0.15) is 4.98 Å². The highest BCUT2D eigenvalue weighted by Crippen LogP contribution is 2.33. The van der Waals surface area contributed by atoms with Gasteiger partial charge in [0, 0.05) is 18.9 Å². The van der Waals surface area contributed by atoms with Crippen molar-refractivity contribution in [1.29, 1.82) is 0 Å². The Kier molecular flexibility index (Phi) is 3.75. The molecule has 0 saturated heterocycles. The average molecular weight is 371 g/mol. The Morgan fingerprint density at radius 1 is 1.18 bits per heavy atom. The number of nitrogens with zero attached hydrogens (tertiary/aromatic N) is 6. The Morgan fingerprint density at radius 3 is 2.93 bits per heavy atom. The van der Waals surface area contributed by atoms with Crippen molar-refractivity contribution in [3.8, 4) is 5.95 Å². The van der Waals surface area contributed by atoms with Crippen LogP contribution in [0.15, 0.2) is 55.2 Å². The van der Waals surface area contributed by atoms with Crippen molar-refractivity contribution in [3.63, 3.8) is 0 Å². The second-order valence-electron chi connectivity index (χ2n) is 6.67. The van der Waals surface area contributed by atoms with E-state index in [2.05, 4.69) is 20.3 Å². The van der Waals surface area contributed by atoms with Gasteiger partial charge in [-0.1, -0.05) is 12.1 Å². The van der Waals surface area contributed by atoms with Crippen LogP contribution in [0.4, 0.5) is 11.5 Å². The zero-order valence-corrected chi connectivity index (χ0v) is 15.1. The first kappa shape index (κ1) is 16.4. The van der Waals surface area contributed by atoms with Gasteiger partial charge in [-0.25, -0.2) is 9.97 Å². The SMILES string of the molecule is Cc1ccncc1CN1c2nc(-n3cnc4ccccc43)ncc2NC1C=O. The molecule has 0 bridgehead atoms. The topological polar surface area (TPSA) is 88.8 Å². The zero-order valence-electron chi connectivity index (χ0n) is 15.1. The van der Waals surface area contributed by atoms with Crippen molar-refractivity contribution in [3.05, 3.63) is 66.4 Å². The molecule has 8 heteroatoms. The molecule has 0 fully saturated rings. The quantitative estimate of drug-likeness (QED) is 0.551. The summed E-state index contributed by atoms with van der Waals surface area (Å²) in [5.74, 6) is 1.19. The van der Waals surface area contributed by atoms with Crippen molar-refractivity contribution >= 4 is 28.8 Å². The Labute approximate surface area is 160 Å². The molecule has 1 aromatic carbocycles. The number of aldehydes is 1. The molecule has 4 aromatic rings. The fourth-order valence-corrected chi connectivity index (χ4v) is 3.41. The van der Waals surface area contributed by atoms with Crippen LogP contribution in [0.3, 0.4) is 0 Å². The third-order valence-corrected chi connectivity index (χ3v) is 4.95. The highest BCUT2D eigenvalue weighted by Gasteiger charge is 2.31.